The van der Waals surface area contributed by atoms with E-state index in [1.807, 2.05) is 61.5 Å². The summed E-state index contributed by atoms with van der Waals surface area (Å²) in [6, 6.07) is 21.9. The van der Waals surface area contributed by atoms with Crippen molar-refractivity contribution in [2.75, 3.05) is 18.5 Å². The first-order valence-electron chi connectivity index (χ1n) is 12.0. The van der Waals surface area contributed by atoms with Crippen LogP contribution in [0.15, 0.2) is 79.2 Å². The average molecular weight is 475 g/mol. The summed E-state index contributed by atoms with van der Waals surface area (Å²) in [6.07, 6.45) is 3.33. The average Bonchev–Trinajstić information content (AvgIpc) is 2.87. The molecule has 3 aromatic carbocycles. The Balaban J connectivity index is 1.43. The third-order valence-corrected chi connectivity index (χ3v) is 5.85. The smallest absolute Gasteiger partial charge is 0.156 e. The highest BCUT2D eigenvalue weighted by Crippen LogP contribution is 2.39. The van der Waals surface area contributed by atoms with Crippen LogP contribution in [0.4, 0.5) is 5.69 Å². The molecule has 0 spiro atoms. The fourth-order valence-electron chi connectivity index (χ4n) is 4.09. The lowest BCUT2D eigenvalue weighted by molar-refractivity contribution is 0.157. The number of β-amino-alcohol motifs (C(OH)–C–C–N with tert-alkyl or cyclic N) is 1. The highest BCUT2D eigenvalue weighted by molar-refractivity contribution is 5.66. The molecule has 6 heteroatoms. The molecule has 1 heterocycles. The number of fused-ring (bicyclic) bond motifs is 1. The maximum absolute atomic E-state index is 11.1. The molecular formula is C29H34N2O4. The molecule has 3 aromatic rings. The normalized spacial score (nSPS) is 13.4. The fraction of sp³-hybridized carbons (Fsp3) is 0.310. The van der Waals surface area contributed by atoms with Crippen molar-refractivity contribution >= 4 is 5.69 Å². The van der Waals surface area contributed by atoms with Crippen LogP contribution in [0.1, 0.15) is 43.6 Å². The maximum atomic E-state index is 11.1. The number of aliphatic hydroxyl groups excluding tert-OH is 1. The van der Waals surface area contributed by atoms with Crippen LogP contribution < -0.4 is 24.8 Å². The first kappa shape index (κ1) is 24.6. The van der Waals surface area contributed by atoms with Crippen molar-refractivity contribution in [1.29, 1.82) is 0 Å². The Morgan fingerprint density at radius 2 is 1.74 bits per heavy atom. The second-order valence-corrected chi connectivity index (χ2v) is 9.26. The number of aliphatic hydroxyl groups is 1. The fourth-order valence-corrected chi connectivity index (χ4v) is 4.09. The molecule has 0 saturated carbocycles. The standard InChI is InChI=1S/C29H34N2O4/c1-4-33-23-12-10-21(11-13-23)18-29(2,3)31-19-27(32)25-16-24(17-26-28(25)34-15-14-30-26)35-20-22-8-6-5-7-9-22/h5-17,27,30-32H,4,18-20H2,1-3H3. The van der Waals surface area contributed by atoms with Crippen molar-refractivity contribution in [3.05, 3.63) is 95.9 Å². The molecule has 1 unspecified atom stereocenters. The molecule has 0 radical (unpaired) electrons. The summed E-state index contributed by atoms with van der Waals surface area (Å²) in [4.78, 5) is 0. The summed E-state index contributed by atoms with van der Waals surface area (Å²) in [6.45, 7) is 7.70. The number of benzene rings is 3. The summed E-state index contributed by atoms with van der Waals surface area (Å²) >= 11 is 0. The summed E-state index contributed by atoms with van der Waals surface area (Å²) in [5.74, 6) is 2.15. The van der Waals surface area contributed by atoms with Crippen molar-refractivity contribution in [2.24, 2.45) is 0 Å². The van der Waals surface area contributed by atoms with E-state index in [2.05, 4.69) is 36.6 Å². The Morgan fingerprint density at radius 1 is 0.971 bits per heavy atom. The van der Waals surface area contributed by atoms with Gasteiger partial charge in [-0.1, -0.05) is 42.5 Å². The number of anilines is 1. The summed E-state index contributed by atoms with van der Waals surface area (Å²) in [5, 5.41) is 17.8. The lowest BCUT2D eigenvalue weighted by Gasteiger charge is -2.29. The minimum Gasteiger partial charge on any atom is -0.494 e. The topological polar surface area (TPSA) is 72.0 Å². The second kappa shape index (κ2) is 11.3. The molecule has 0 aliphatic carbocycles. The first-order valence-corrected chi connectivity index (χ1v) is 12.0. The molecule has 0 saturated heterocycles. The van der Waals surface area contributed by atoms with E-state index in [0.29, 0.717) is 36.8 Å². The van der Waals surface area contributed by atoms with E-state index in [-0.39, 0.29) is 5.54 Å². The molecule has 35 heavy (non-hydrogen) atoms. The summed E-state index contributed by atoms with van der Waals surface area (Å²) < 4.78 is 17.3. The molecular weight excluding hydrogens is 440 g/mol. The van der Waals surface area contributed by atoms with Gasteiger partial charge in [-0.25, -0.2) is 0 Å². The number of hydrogen-bond donors (Lipinski definition) is 3. The Hall–Kier alpha value is -3.48. The molecule has 3 N–H and O–H groups in total. The second-order valence-electron chi connectivity index (χ2n) is 9.26. The van der Waals surface area contributed by atoms with Gasteiger partial charge in [-0.15, -0.1) is 0 Å². The van der Waals surface area contributed by atoms with Gasteiger partial charge in [0, 0.05) is 29.9 Å². The van der Waals surface area contributed by atoms with Crippen LogP contribution in [-0.2, 0) is 13.0 Å². The molecule has 184 valence electrons. The van der Waals surface area contributed by atoms with Crippen molar-refractivity contribution in [1.82, 2.24) is 5.32 Å². The quantitative estimate of drug-likeness (QED) is 0.337. The number of rotatable bonds is 11. The molecule has 0 fully saturated rings. The van der Waals surface area contributed by atoms with Crippen LogP contribution in [0.5, 0.6) is 17.2 Å². The Kier molecular flexibility index (Phi) is 7.95. The van der Waals surface area contributed by atoms with Gasteiger partial charge < -0.3 is 30.0 Å². The van der Waals surface area contributed by atoms with Crippen molar-refractivity contribution < 1.29 is 19.3 Å². The van der Waals surface area contributed by atoms with Gasteiger partial charge in [0.05, 0.1) is 18.4 Å². The predicted molar refractivity (Wildman–Crippen MR) is 139 cm³/mol. The lowest BCUT2D eigenvalue weighted by Crippen LogP contribution is -2.43. The summed E-state index contributed by atoms with van der Waals surface area (Å²) in [7, 11) is 0. The highest BCUT2D eigenvalue weighted by Gasteiger charge is 2.24. The predicted octanol–water partition coefficient (Wildman–Crippen LogP) is 5.58. The van der Waals surface area contributed by atoms with Crippen molar-refractivity contribution in [2.45, 2.75) is 45.4 Å². The zero-order valence-electron chi connectivity index (χ0n) is 20.6. The van der Waals surface area contributed by atoms with E-state index in [0.717, 1.165) is 23.4 Å². The lowest BCUT2D eigenvalue weighted by atomic mass is 9.94. The zero-order chi connectivity index (χ0) is 24.7. The van der Waals surface area contributed by atoms with E-state index < -0.39 is 6.10 Å². The number of nitrogens with one attached hydrogen (secondary N) is 2. The van der Waals surface area contributed by atoms with Gasteiger partial charge in [-0.05, 0) is 56.5 Å². The molecule has 0 aromatic heterocycles. The zero-order valence-corrected chi connectivity index (χ0v) is 20.6. The molecule has 1 aliphatic heterocycles. The number of ether oxygens (including phenoxy) is 3. The molecule has 0 amide bonds. The molecule has 1 aliphatic rings. The van der Waals surface area contributed by atoms with Crippen LogP contribution in [0.3, 0.4) is 0 Å². The van der Waals surface area contributed by atoms with Gasteiger partial charge in [0.25, 0.3) is 0 Å². The van der Waals surface area contributed by atoms with Crippen molar-refractivity contribution in [3.63, 3.8) is 0 Å². The molecule has 4 rings (SSSR count). The Bertz CT molecular complexity index is 1130. The van der Waals surface area contributed by atoms with Crippen LogP contribution in [0.25, 0.3) is 0 Å². The van der Waals surface area contributed by atoms with Crippen LogP contribution in [0, 0.1) is 0 Å². The number of hydrogen-bond acceptors (Lipinski definition) is 6. The first-order chi connectivity index (χ1) is 16.9. The van der Waals surface area contributed by atoms with Crippen LogP contribution >= 0.6 is 0 Å². The van der Waals surface area contributed by atoms with E-state index in [1.54, 1.807) is 12.5 Å². The largest absolute Gasteiger partial charge is 0.494 e. The Labute approximate surface area is 207 Å². The molecule has 0 bridgehead atoms. The van der Waals surface area contributed by atoms with Gasteiger partial charge >= 0.3 is 0 Å². The van der Waals surface area contributed by atoms with Gasteiger partial charge in [0.1, 0.15) is 24.4 Å². The van der Waals surface area contributed by atoms with Gasteiger partial charge in [0.2, 0.25) is 0 Å². The van der Waals surface area contributed by atoms with Crippen LogP contribution in [0.2, 0.25) is 0 Å². The highest BCUT2D eigenvalue weighted by atomic mass is 16.5. The minimum atomic E-state index is -0.781. The van der Waals surface area contributed by atoms with Gasteiger partial charge in [0.15, 0.2) is 5.75 Å². The maximum Gasteiger partial charge on any atom is 0.156 e. The van der Waals surface area contributed by atoms with Crippen molar-refractivity contribution in [3.8, 4) is 17.2 Å². The molecule has 1 atom stereocenters. The van der Waals surface area contributed by atoms with E-state index in [1.165, 1.54) is 5.56 Å². The van der Waals surface area contributed by atoms with E-state index >= 15 is 0 Å². The third kappa shape index (κ3) is 6.78. The van der Waals surface area contributed by atoms with Gasteiger partial charge in [-0.2, -0.15) is 0 Å². The summed E-state index contributed by atoms with van der Waals surface area (Å²) in [5.41, 5.74) is 3.49. The van der Waals surface area contributed by atoms with E-state index in [9.17, 15) is 5.11 Å². The monoisotopic (exact) mass is 474 g/mol. The van der Waals surface area contributed by atoms with Crippen LogP contribution in [-0.4, -0.2) is 23.8 Å². The minimum absolute atomic E-state index is 0.228. The molecule has 6 nitrogen and oxygen atoms in total. The third-order valence-electron chi connectivity index (χ3n) is 5.85. The SMILES string of the molecule is CCOc1ccc(CC(C)(C)NCC(O)c2cc(OCc3ccccc3)cc3c2OC=CN3)cc1. The van der Waals surface area contributed by atoms with E-state index in [4.69, 9.17) is 14.2 Å². The van der Waals surface area contributed by atoms with Gasteiger partial charge in [-0.3, -0.25) is 0 Å². The Morgan fingerprint density at radius 3 is 2.49 bits per heavy atom.